The van der Waals surface area contributed by atoms with E-state index in [1.807, 2.05) is 28.8 Å². The maximum atomic E-state index is 9.12. The molecule has 2 aromatic heterocycles. The Morgan fingerprint density at radius 1 is 1.53 bits per heavy atom. The highest BCUT2D eigenvalue weighted by Gasteiger charge is 2.00. The van der Waals surface area contributed by atoms with Crippen molar-refractivity contribution >= 4 is 5.65 Å². The second-order valence-electron chi connectivity index (χ2n) is 3.65. The van der Waals surface area contributed by atoms with Gasteiger partial charge in [-0.1, -0.05) is 6.07 Å². The maximum Gasteiger partial charge on any atom is 0.136 e. The average Bonchev–Trinajstić information content (AvgIpc) is 2.65. The third kappa shape index (κ3) is 2.34. The van der Waals surface area contributed by atoms with E-state index >= 15 is 0 Å². The molecule has 2 aromatic rings. The molecule has 0 amide bonds. The molecule has 2 rings (SSSR count). The van der Waals surface area contributed by atoms with E-state index in [0.717, 1.165) is 17.9 Å². The Labute approximate surface area is 88.6 Å². The molecular weight excluding hydrogens is 190 g/mol. The van der Waals surface area contributed by atoms with Gasteiger partial charge in [0.1, 0.15) is 5.65 Å². The van der Waals surface area contributed by atoms with Crippen molar-refractivity contribution in [3.05, 3.63) is 36.3 Å². The van der Waals surface area contributed by atoms with E-state index in [2.05, 4.69) is 10.3 Å². The Hall–Kier alpha value is -1.39. The van der Waals surface area contributed by atoms with Gasteiger partial charge in [0.15, 0.2) is 0 Å². The zero-order chi connectivity index (χ0) is 10.7. The summed E-state index contributed by atoms with van der Waals surface area (Å²) in [7, 11) is 0. The Morgan fingerprint density at radius 2 is 2.40 bits per heavy atom. The summed E-state index contributed by atoms with van der Waals surface area (Å²) in [6.45, 7) is 3.11. The Morgan fingerprint density at radius 3 is 3.20 bits per heavy atom. The smallest absolute Gasteiger partial charge is 0.136 e. The molecule has 2 heterocycles. The summed E-state index contributed by atoms with van der Waals surface area (Å²) in [5.41, 5.74) is 2.09. The fraction of sp³-hybridized carbons (Fsp3) is 0.364. The van der Waals surface area contributed by atoms with Crippen LogP contribution in [0.3, 0.4) is 0 Å². The molecule has 0 aliphatic carbocycles. The van der Waals surface area contributed by atoms with Gasteiger partial charge in [0.05, 0.1) is 6.10 Å². The van der Waals surface area contributed by atoms with Gasteiger partial charge in [0, 0.05) is 31.2 Å². The van der Waals surface area contributed by atoms with Crippen molar-refractivity contribution in [3.63, 3.8) is 0 Å². The molecule has 0 aliphatic rings. The second-order valence-corrected chi connectivity index (χ2v) is 3.65. The van der Waals surface area contributed by atoms with Gasteiger partial charge < -0.3 is 14.8 Å². The van der Waals surface area contributed by atoms with Crippen LogP contribution < -0.4 is 5.32 Å². The van der Waals surface area contributed by atoms with Gasteiger partial charge in [-0.25, -0.2) is 4.98 Å². The molecule has 80 valence electrons. The van der Waals surface area contributed by atoms with E-state index in [1.54, 1.807) is 13.1 Å². The van der Waals surface area contributed by atoms with Crippen LogP contribution in [0.5, 0.6) is 0 Å². The maximum absolute atomic E-state index is 9.12. The Kier molecular flexibility index (Phi) is 2.99. The largest absolute Gasteiger partial charge is 0.392 e. The minimum atomic E-state index is -0.313. The minimum absolute atomic E-state index is 0.313. The predicted molar refractivity (Wildman–Crippen MR) is 58.6 cm³/mol. The van der Waals surface area contributed by atoms with Crippen molar-refractivity contribution in [1.29, 1.82) is 0 Å². The van der Waals surface area contributed by atoms with Crippen LogP contribution in [-0.2, 0) is 6.54 Å². The number of hydrogen-bond acceptors (Lipinski definition) is 3. The molecular formula is C11H15N3O. The zero-order valence-corrected chi connectivity index (χ0v) is 8.72. The fourth-order valence-electron chi connectivity index (χ4n) is 1.56. The van der Waals surface area contributed by atoms with Crippen molar-refractivity contribution in [1.82, 2.24) is 14.7 Å². The summed E-state index contributed by atoms with van der Waals surface area (Å²) in [6.07, 6.45) is 3.41. The molecule has 0 aromatic carbocycles. The topological polar surface area (TPSA) is 49.6 Å². The van der Waals surface area contributed by atoms with Crippen molar-refractivity contribution in [2.75, 3.05) is 6.54 Å². The van der Waals surface area contributed by atoms with Crippen molar-refractivity contribution in [3.8, 4) is 0 Å². The molecule has 0 bridgehead atoms. The van der Waals surface area contributed by atoms with Crippen molar-refractivity contribution < 1.29 is 5.11 Å². The first-order valence-corrected chi connectivity index (χ1v) is 5.07. The van der Waals surface area contributed by atoms with E-state index in [4.69, 9.17) is 5.11 Å². The molecule has 0 spiro atoms. The summed E-state index contributed by atoms with van der Waals surface area (Å²) < 4.78 is 2.04. The molecule has 0 radical (unpaired) electrons. The summed E-state index contributed by atoms with van der Waals surface area (Å²) in [6, 6.07) is 6.00. The fourth-order valence-corrected chi connectivity index (χ4v) is 1.56. The van der Waals surface area contributed by atoms with E-state index in [9.17, 15) is 0 Å². The molecule has 0 saturated carbocycles. The molecule has 0 fully saturated rings. The standard InChI is InChI=1S/C11H15N3O/c1-9(15)7-12-8-10-3-2-4-11-13-5-6-14(10)11/h2-6,9,12,15H,7-8H2,1H3/t9-/m0/s1. The quantitative estimate of drug-likeness (QED) is 0.776. The van der Waals surface area contributed by atoms with E-state index in [-0.39, 0.29) is 6.10 Å². The monoisotopic (exact) mass is 205 g/mol. The average molecular weight is 205 g/mol. The van der Waals surface area contributed by atoms with Gasteiger partial charge in [-0.15, -0.1) is 0 Å². The van der Waals surface area contributed by atoms with Crippen LogP contribution in [0.2, 0.25) is 0 Å². The van der Waals surface area contributed by atoms with Gasteiger partial charge in [-0.3, -0.25) is 0 Å². The highest BCUT2D eigenvalue weighted by Crippen LogP contribution is 2.05. The lowest BCUT2D eigenvalue weighted by molar-refractivity contribution is 0.191. The number of nitrogens with zero attached hydrogens (tertiary/aromatic N) is 2. The number of aliphatic hydroxyl groups excluding tert-OH is 1. The SMILES string of the molecule is C[C@H](O)CNCc1cccc2nccn12. The van der Waals surface area contributed by atoms with E-state index in [0.29, 0.717) is 6.54 Å². The first-order valence-electron chi connectivity index (χ1n) is 5.07. The number of fused-ring (bicyclic) bond motifs is 1. The Bertz CT molecular complexity index is 436. The van der Waals surface area contributed by atoms with Crippen LogP contribution in [0.1, 0.15) is 12.6 Å². The number of nitrogens with one attached hydrogen (secondary N) is 1. The van der Waals surface area contributed by atoms with Gasteiger partial charge in [0.25, 0.3) is 0 Å². The van der Waals surface area contributed by atoms with E-state index < -0.39 is 0 Å². The van der Waals surface area contributed by atoms with Crippen LogP contribution in [0, 0.1) is 0 Å². The molecule has 0 saturated heterocycles. The number of hydrogen-bond donors (Lipinski definition) is 2. The first kappa shape index (κ1) is 10.1. The van der Waals surface area contributed by atoms with E-state index in [1.165, 1.54) is 0 Å². The number of aromatic nitrogens is 2. The third-order valence-corrected chi connectivity index (χ3v) is 2.26. The molecule has 2 N–H and O–H groups in total. The summed E-state index contributed by atoms with van der Waals surface area (Å²) >= 11 is 0. The summed E-state index contributed by atoms with van der Waals surface area (Å²) in [5, 5.41) is 12.3. The summed E-state index contributed by atoms with van der Waals surface area (Å²) in [5.74, 6) is 0. The molecule has 4 nitrogen and oxygen atoms in total. The van der Waals surface area contributed by atoms with Crippen LogP contribution in [-0.4, -0.2) is 27.1 Å². The lowest BCUT2D eigenvalue weighted by atomic mass is 10.3. The van der Waals surface area contributed by atoms with Crippen molar-refractivity contribution in [2.24, 2.45) is 0 Å². The lowest BCUT2D eigenvalue weighted by Gasteiger charge is -2.08. The lowest BCUT2D eigenvalue weighted by Crippen LogP contribution is -2.24. The number of imidazole rings is 1. The molecule has 0 unspecified atom stereocenters. The third-order valence-electron chi connectivity index (χ3n) is 2.26. The second kappa shape index (κ2) is 4.42. The minimum Gasteiger partial charge on any atom is -0.392 e. The van der Waals surface area contributed by atoms with Crippen LogP contribution in [0.4, 0.5) is 0 Å². The highest BCUT2D eigenvalue weighted by atomic mass is 16.3. The van der Waals surface area contributed by atoms with Gasteiger partial charge in [-0.2, -0.15) is 0 Å². The normalized spacial score (nSPS) is 13.2. The molecule has 4 heteroatoms. The number of pyridine rings is 1. The first-order chi connectivity index (χ1) is 7.27. The highest BCUT2D eigenvalue weighted by molar-refractivity contribution is 5.39. The van der Waals surface area contributed by atoms with Crippen molar-refractivity contribution in [2.45, 2.75) is 19.6 Å². The number of aliphatic hydroxyl groups is 1. The van der Waals surface area contributed by atoms with Gasteiger partial charge in [0.2, 0.25) is 0 Å². The molecule has 1 atom stereocenters. The molecule has 0 aliphatic heterocycles. The summed E-state index contributed by atoms with van der Waals surface area (Å²) in [4.78, 5) is 4.21. The zero-order valence-electron chi connectivity index (χ0n) is 8.72. The van der Waals surface area contributed by atoms with Crippen LogP contribution >= 0.6 is 0 Å². The van der Waals surface area contributed by atoms with Gasteiger partial charge >= 0.3 is 0 Å². The number of rotatable bonds is 4. The predicted octanol–water partition coefficient (Wildman–Crippen LogP) is 0.805. The Balaban J connectivity index is 2.10. The van der Waals surface area contributed by atoms with Crippen LogP contribution in [0.15, 0.2) is 30.6 Å². The van der Waals surface area contributed by atoms with Crippen LogP contribution in [0.25, 0.3) is 5.65 Å². The molecule has 15 heavy (non-hydrogen) atoms. The van der Waals surface area contributed by atoms with Gasteiger partial charge in [-0.05, 0) is 19.1 Å².